The van der Waals surface area contributed by atoms with Crippen LogP contribution in [0.25, 0.3) is 11.2 Å². The van der Waals surface area contributed by atoms with Crippen LogP contribution in [0.1, 0.15) is 55.7 Å². The summed E-state index contributed by atoms with van der Waals surface area (Å²) in [5.41, 5.74) is 2.90. The Balaban J connectivity index is 1.39. The van der Waals surface area contributed by atoms with Gasteiger partial charge in [-0.25, -0.2) is 4.98 Å². The monoisotopic (exact) mass is 423 g/mol. The zero-order chi connectivity index (χ0) is 21.6. The highest BCUT2D eigenvalue weighted by molar-refractivity contribution is 5.78. The van der Waals surface area contributed by atoms with Gasteiger partial charge in [0.2, 0.25) is 5.91 Å². The van der Waals surface area contributed by atoms with Crippen molar-refractivity contribution in [1.82, 2.24) is 24.9 Å². The van der Waals surface area contributed by atoms with Crippen LogP contribution in [0.3, 0.4) is 0 Å². The number of allylic oxidation sites excluding steroid dienone is 1. The number of carboxylic acids is 1. The first-order chi connectivity index (χ1) is 15.1. The Morgan fingerprint density at radius 1 is 1.29 bits per heavy atom. The second kappa shape index (κ2) is 9.55. The van der Waals surface area contributed by atoms with E-state index in [9.17, 15) is 9.59 Å². The van der Waals surface area contributed by atoms with Crippen molar-refractivity contribution in [3.63, 3.8) is 0 Å². The van der Waals surface area contributed by atoms with Gasteiger partial charge >= 0.3 is 5.97 Å². The molecule has 9 nitrogen and oxygen atoms in total. The van der Waals surface area contributed by atoms with Crippen molar-refractivity contribution >= 4 is 23.1 Å². The number of carboxylic acid groups (broad SMARTS) is 1. The molecule has 4 rings (SSSR count). The number of hydrogen-bond acceptors (Lipinski definition) is 6. The van der Waals surface area contributed by atoms with Crippen LogP contribution in [-0.2, 0) is 22.4 Å². The SMILES string of the molecule is O=C(O)CCCC(=O)NC1CC=C(c2cnc(CCc3ccco3)n3cnnc23)CC1. The normalized spacial score (nSPS) is 16.3. The minimum atomic E-state index is -0.876. The van der Waals surface area contributed by atoms with Gasteiger partial charge in [0.1, 0.15) is 17.9 Å². The van der Waals surface area contributed by atoms with Gasteiger partial charge in [-0.15, -0.1) is 10.2 Å². The fourth-order valence-electron chi connectivity index (χ4n) is 3.88. The van der Waals surface area contributed by atoms with Gasteiger partial charge in [0, 0.05) is 43.5 Å². The molecule has 1 aliphatic carbocycles. The van der Waals surface area contributed by atoms with Gasteiger partial charge in [-0.05, 0) is 43.4 Å². The van der Waals surface area contributed by atoms with Crippen LogP contribution >= 0.6 is 0 Å². The van der Waals surface area contributed by atoms with Gasteiger partial charge in [0.15, 0.2) is 5.65 Å². The van der Waals surface area contributed by atoms with Crippen molar-refractivity contribution < 1.29 is 19.1 Å². The zero-order valence-electron chi connectivity index (χ0n) is 17.2. The molecule has 1 atom stereocenters. The molecule has 0 bridgehead atoms. The van der Waals surface area contributed by atoms with E-state index in [1.54, 1.807) is 12.6 Å². The Kier molecular flexibility index (Phi) is 6.40. The number of hydrogen-bond donors (Lipinski definition) is 2. The minimum Gasteiger partial charge on any atom is -0.481 e. The van der Waals surface area contributed by atoms with Crippen LogP contribution in [0.2, 0.25) is 0 Å². The van der Waals surface area contributed by atoms with Gasteiger partial charge < -0.3 is 14.8 Å². The average molecular weight is 423 g/mol. The van der Waals surface area contributed by atoms with Gasteiger partial charge in [-0.3, -0.25) is 14.0 Å². The predicted octanol–water partition coefficient (Wildman–Crippen LogP) is 2.81. The van der Waals surface area contributed by atoms with Gasteiger partial charge in [-0.1, -0.05) is 6.08 Å². The van der Waals surface area contributed by atoms with E-state index in [2.05, 4.69) is 26.6 Å². The lowest BCUT2D eigenvalue weighted by Gasteiger charge is -2.23. The number of carbonyl (C=O) groups is 2. The molecule has 0 aliphatic heterocycles. The topological polar surface area (TPSA) is 123 Å². The second-order valence-corrected chi connectivity index (χ2v) is 7.71. The summed E-state index contributed by atoms with van der Waals surface area (Å²) in [6, 6.07) is 3.89. The maximum Gasteiger partial charge on any atom is 0.303 e. The van der Waals surface area contributed by atoms with E-state index in [4.69, 9.17) is 9.52 Å². The van der Waals surface area contributed by atoms with Crippen LogP contribution in [-0.4, -0.2) is 42.6 Å². The third kappa shape index (κ3) is 5.17. The van der Waals surface area contributed by atoms with E-state index in [0.29, 0.717) is 6.42 Å². The standard InChI is InChI=1S/C22H25N5O4/c28-20(4-1-5-21(29)30)25-16-8-6-15(7-9-16)18-13-23-19(27-14-24-26-22(18)27)11-10-17-3-2-12-31-17/h2-3,6,12-14,16H,1,4-5,7-11H2,(H,25,28)(H,29,30). The van der Waals surface area contributed by atoms with E-state index >= 15 is 0 Å². The molecule has 2 N–H and O–H groups in total. The van der Waals surface area contributed by atoms with Crippen molar-refractivity contribution in [3.8, 4) is 0 Å². The molecule has 3 aromatic heterocycles. The third-order valence-corrected chi connectivity index (χ3v) is 5.50. The molecule has 0 radical (unpaired) electrons. The fourth-order valence-corrected chi connectivity index (χ4v) is 3.88. The molecule has 31 heavy (non-hydrogen) atoms. The molecule has 0 saturated heterocycles. The number of amides is 1. The van der Waals surface area contributed by atoms with Crippen molar-refractivity contribution in [2.75, 3.05) is 0 Å². The van der Waals surface area contributed by atoms with Crippen molar-refractivity contribution in [3.05, 3.63) is 54.1 Å². The molecule has 0 aromatic carbocycles. The number of aliphatic carboxylic acids is 1. The highest BCUT2D eigenvalue weighted by Gasteiger charge is 2.20. The Morgan fingerprint density at radius 2 is 2.19 bits per heavy atom. The summed E-state index contributed by atoms with van der Waals surface area (Å²) >= 11 is 0. The lowest BCUT2D eigenvalue weighted by Crippen LogP contribution is -2.35. The number of carbonyl (C=O) groups excluding carboxylic acids is 1. The molecule has 162 valence electrons. The second-order valence-electron chi connectivity index (χ2n) is 7.71. The number of aryl methyl sites for hydroxylation is 2. The Morgan fingerprint density at radius 3 is 2.94 bits per heavy atom. The van der Waals surface area contributed by atoms with Gasteiger partial charge in [0.05, 0.1) is 6.26 Å². The highest BCUT2D eigenvalue weighted by atomic mass is 16.4. The predicted molar refractivity (Wildman–Crippen MR) is 112 cm³/mol. The fraction of sp³-hybridized carbons (Fsp3) is 0.409. The van der Waals surface area contributed by atoms with Crippen molar-refractivity contribution in [1.29, 1.82) is 0 Å². The molecule has 3 aromatic rings. The largest absolute Gasteiger partial charge is 0.481 e. The first kappa shape index (κ1) is 20.8. The average Bonchev–Trinajstić information content (AvgIpc) is 3.45. The summed E-state index contributed by atoms with van der Waals surface area (Å²) in [5.74, 6) is 0.824. The summed E-state index contributed by atoms with van der Waals surface area (Å²) in [6.07, 6.45) is 11.8. The van der Waals surface area contributed by atoms with Gasteiger partial charge in [-0.2, -0.15) is 0 Å². The lowest BCUT2D eigenvalue weighted by molar-refractivity contribution is -0.137. The van der Waals surface area contributed by atoms with E-state index in [1.165, 1.54) is 0 Å². The molecule has 1 aliphatic rings. The molecular formula is C22H25N5O4. The molecule has 9 heteroatoms. The van der Waals surface area contributed by atoms with Crippen LogP contribution < -0.4 is 5.32 Å². The summed E-state index contributed by atoms with van der Waals surface area (Å²) < 4.78 is 7.33. The number of fused-ring (bicyclic) bond motifs is 1. The first-order valence-electron chi connectivity index (χ1n) is 10.5. The minimum absolute atomic E-state index is 0.0149. The number of nitrogens with one attached hydrogen (secondary N) is 1. The first-order valence-corrected chi connectivity index (χ1v) is 10.5. The van der Waals surface area contributed by atoms with Crippen molar-refractivity contribution in [2.24, 2.45) is 0 Å². The smallest absolute Gasteiger partial charge is 0.303 e. The van der Waals surface area contributed by atoms with E-state index in [0.717, 1.165) is 60.5 Å². The lowest BCUT2D eigenvalue weighted by atomic mass is 9.91. The van der Waals surface area contributed by atoms with Gasteiger partial charge in [0.25, 0.3) is 0 Å². The Labute approximate surface area is 179 Å². The molecule has 1 unspecified atom stereocenters. The molecule has 1 amide bonds. The van der Waals surface area contributed by atoms with Crippen LogP contribution in [0.5, 0.6) is 0 Å². The number of furan rings is 1. The molecule has 0 spiro atoms. The molecular weight excluding hydrogens is 398 g/mol. The zero-order valence-corrected chi connectivity index (χ0v) is 17.2. The summed E-state index contributed by atoms with van der Waals surface area (Å²) in [7, 11) is 0. The maximum atomic E-state index is 12.0. The maximum absolute atomic E-state index is 12.0. The quantitative estimate of drug-likeness (QED) is 0.542. The Bertz CT molecular complexity index is 1090. The van der Waals surface area contributed by atoms with Crippen LogP contribution in [0.4, 0.5) is 0 Å². The van der Waals surface area contributed by atoms with E-state index < -0.39 is 5.97 Å². The molecule has 0 fully saturated rings. The number of nitrogens with zero attached hydrogens (tertiary/aromatic N) is 4. The molecule has 3 heterocycles. The number of aromatic nitrogens is 4. The summed E-state index contributed by atoms with van der Waals surface area (Å²) in [6.45, 7) is 0. The summed E-state index contributed by atoms with van der Waals surface area (Å²) in [5, 5.41) is 20.1. The van der Waals surface area contributed by atoms with Crippen LogP contribution in [0, 0.1) is 0 Å². The van der Waals surface area contributed by atoms with E-state index in [1.807, 2.05) is 22.7 Å². The molecule has 0 saturated carbocycles. The third-order valence-electron chi connectivity index (χ3n) is 5.50. The van der Waals surface area contributed by atoms with E-state index in [-0.39, 0.29) is 24.8 Å². The van der Waals surface area contributed by atoms with Crippen LogP contribution in [0.15, 0.2) is 41.4 Å². The summed E-state index contributed by atoms with van der Waals surface area (Å²) in [4.78, 5) is 27.2. The highest BCUT2D eigenvalue weighted by Crippen LogP contribution is 2.29. The number of rotatable bonds is 9. The van der Waals surface area contributed by atoms with Crippen molar-refractivity contribution in [2.45, 2.75) is 57.4 Å². The Hall–Kier alpha value is -3.49.